The van der Waals surface area contributed by atoms with Crippen LogP contribution in [0, 0.1) is 20.8 Å². The van der Waals surface area contributed by atoms with Crippen LogP contribution in [0.25, 0.3) is 0 Å². The third kappa shape index (κ3) is 4.13. The summed E-state index contributed by atoms with van der Waals surface area (Å²) in [6.45, 7) is 8.62. The number of carbonyl (C=O) groups excluding carboxylic acids is 3. The first-order valence-electron chi connectivity index (χ1n) is 11.2. The molecule has 0 saturated heterocycles. The summed E-state index contributed by atoms with van der Waals surface area (Å²) in [4.78, 5) is 45.9. The highest BCUT2D eigenvalue weighted by molar-refractivity contribution is 6.12. The zero-order valence-corrected chi connectivity index (χ0v) is 19.8. The number of methoxy groups -OCH3 is 1. The number of anilines is 1. The second kappa shape index (κ2) is 8.62. The normalized spacial score (nSPS) is 19.9. The van der Waals surface area contributed by atoms with Crippen molar-refractivity contribution in [2.24, 2.45) is 0 Å². The van der Waals surface area contributed by atoms with E-state index in [1.54, 1.807) is 23.5 Å². The van der Waals surface area contributed by atoms with Crippen molar-refractivity contribution >= 4 is 23.4 Å². The number of aryl methyl sites for hydroxylation is 3. The van der Waals surface area contributed by atoms with E-state index in [0.29, 0.717) is 13.2 Å². The Balaban J connectivity index is 1.65. The van der Waals surface area contributed by atoms with Crippen molar-refractivity contribution in [3.8, 4) is 0 Å². The number of aromatic nitrogens is 2. The fourth-order valence-electron chi connectivity index (χ4n) is 4.73. The van der Waals surface area contributed by atoms with Crippen LogP contribution >= 0.6 is 0 Å². The molecule has 1 aliphatic heterocycles. The highest BCUT2D eigenvalue weighted by atomic mass is 16.5. The number of nitrogens with one attached hydrogen (secondary N) is 2. The van der Waals surface area contributed by atoms with Gasteiger partial charge in [-0.1, -0.05) is 17.7 Å². The maximum Gasteiger partial charge on any atom is 0.276 e. The van der Waals surface area contributed by atoms with Gasteiger partial charge in [-0.05, 0) is 51.7 Å². The number of hydrogen-bond donors (Lipinski definition) is 2. The smallest absolute Gasteiger partial charge is 0.276 e. The Bertz CT molecular complexity index is 1100. The molecule has 176 valence electrons. The van der Waals surface area contributed by atoms with Crippen LogP contribution in [0.1, 0.15) is 57.4 Å². The lowest BCUT2D eigenvalue weighted by atomic mass is 9.94. The molecule has 0 radical (unpaired) electrons. The number of fused-ring (bicyclic) bond motifs is 1. The number of ether oxygens (including phenoxy) is 1. The molecule has 1 aliphatic carbocycles. The maximum atomic E-state index is 13.6. The summed E-state index contributed by atoms with van der Waals surface area (Å²) in [6.07, 6.45) is 3.15. The second-order valence-electron chi connectivity index (χ2n) is 9.23. The van der Waals surface area contributed by atoms with Crippen LogP contribution in [0.15, 0.2) is 18.5 Å². The predicted octanol–water partition coefficient (Wildman–Crippen LogP) is 2.20. The van der Waals surface area contributed by atoms with Gasteiger partial charge in [0, 0.05) is 25.4 Å². The van der Waals surface area contributed by atoms with Gasteiger partial charge < -0.3 is 24.8 Å². The number of hydrogen-bond acceptors (Lipinski definition) is 5. The van der Waals surface area contributed by atoms with E-state index in [1.807, 2.05) is 32.9 Å². The Kier molecular flexibility index (Phi) is 6.00. The fourth-order valence-corrected chi connectivity index (χ4v) is 4.73. The third-order valence-electron chi connectivity index (χ3n) is 6.39. The van der Waals surface area contributed by atoms with Gasteiger partial charge in [0.1, 0.15) is 11.2 Å². The Hall–Kier alpha value is -3.20. The summed E-state index contributed by atoms with van der Waals surface area (Å²) in [5.74, 6) is -1.01. The average Bonchev–Trinajstić information content (AvgIpc) is 3.48. The van der Waals surface area contributed by atoms with Gasteiger partial charge in [0.15, 0.2) is 5.69 Å². The van der Waals surface area contributed by atoms with E-state index in [1.165, 1.54) is 6.33 Å². The molecule has 4 rings (SSSR count). The molecule has 1 atom stereocenters. The lowest BCUT2D eigenvalue weighted by Gasteiger charge is -2.44. The van der Waals surface area contributed by atoms with Crippen LogP contribution in [0.5, 0.6) is 0 Å². The van der Waals surface area contributed by atoms with Gasteiger partial charge in [0.25, 0.3) is 11.8 Å². The minimum atomic E-state index is -1.07. The van der Waals surface area contributed by atoms with Crippen molar-refractivity contribution in [1.82, 2.24) is 19.8 Å². The van der Waals surface area contributed by atoms with Crippen molar-refractivity contribution < 1.29 is 19.1 Å². The van der Waals surface area contributed by atoms with E-state index in [9.17, 15) is 14.4 Å². The highest BCUT2D eigenvalue weighted by Crippen LogP contribution is 2.39. The lowest BCUT2D eigenvalue weighted by Crippen LogP contribution is -2.65. The number of amides is 3. The van der Waals surface area contributed by atoms with Crippen molar-refractivity contribution in [3.63, 3.8) is 0 Å². The lowest BCUT2D eigenvalue weighted by molar-refractivity contribution is -0.133. The Labute approximate surface area is 193 Å². The van der Waals surface area contributed by atoms with Gasteiger partial charge >= 0.3 is 0 Å². The van der Waals surface area contributed by atoms with Gasteiger partial charge in [-0.3, -0.25) is 14.4 Å². The highest BCUT2D eigenvalue weighted by Gasteiger charge is 2.53. The van der Waals surface area contributed by atoms with Gasteiger partial charge in [0.2, 0.25) is 5.91 Å². The van der Waals surface area contributed by atoms with E-state index in [0.717, 1.165) is 35.2 Å². The molecule has 1 aromatic heterocycles. The molecule has 1 fully saturated rings. The largest absolute Gasteiger partial charge is 0.383 e. The summed E-state index contributed by atoms with van der Waals surface area (Å²) >= 11 is 0. The molecule has 2 N–H and O–H groups in total. The number of rotatable bonds is 7. The number of carbonyl (C=O) groups is 3. The zero-order chi connectivity index (χ0) is 23.9. The molecule has 9 nitrogen and oxygen atoms in total. The van der Waals surface area contributed by atoms with E-state index in [4.69, 9.17) is 4.74 Å². The summed E-state index contributed by atoms with van der Waals surface area (Å²) < 4.78 is 6.65. The molecule has 3 amide bonds. The van der Waals surface area contributed by atoms with Gasteiger partial charge in [0.05, 0.1) is 19.5 Å². The Morgan fingerprint density at radius 1 is 1.21 bits per heavy atom. The van der Waals surface area contributed by atoms with Crippen LogP contribution in [0.2, 0.25) is 0 Å². The number of nitrogens with zero attached hydrogens (tertiary/aromatic N) is 3. The van der Waals surface area contributed by atoms with Crippen molar-refractivity contribution in [2.45, 2.75) is 58.7 Å². The monoisotopic (exact) mass is 453 g/mol. The van der Waals surface area contributed by atoms with Crippen LogP contribution < -0.4 is 10.6 Å². The van der Waals surface area contributed by atoms with Gasteiger partial charge in [-0.25, -0.2) is 4.98 Å². The molecule has 2 aromatic rings. The minimum absolute atomic E-state index is 0.0168. The molecule has 0 spiro atoms. The van der Waals surface area contributed by atoms with E-state index >= 15 is 0 Å². The molecule has 33 heavy (non-hydrogen) atoms. The minimum Gasteiger partial charge on any atom is -0.383 e. The molecule has 0 bridgehead atoms. The van der Waals surface area contributed by atoms with E-state index < -0.39 is 11.4 Å². The summed E-state index contributed by atoms with van der Waals surface area (Å²) in [5.41, 5.74) is 2.95. The SMILES string of the molecule is COCCNC(=O)[C@]1(C)Cn2cnc(C(=O)Nc3c(C)cc(C)cc3C)c2C(=O)N1C1CC1. The third-order valence-corrected chi connectivity index (χ3v) is 6.39. The second-order valence-corrected chi connectivity index (χ2v) is 9.23. The Morgan fingerprint density at radius 2 is 1.88 bits per heavy atom. The summed E-state index contributed by atoms with van der Waals surface area (Å²) in [6, 6.07) is 3.98. The van der Waals surface area contributed by atoms with Crippen LogP contribution in [-0.4, -0.2) is 64.0 Å². The quantitative estimate of drug-likeness (QED) is 0.626. The molecule has 2 heterocycles. The fraction of sp³-hybridized carbons (Fsp3) is 0.500. The van der Waals surface area contributed by atoms with Gasteiger partial charge in [-0.15, -0.1) is 0 Å². The summed E-state index contributed by atoms with van der Waals surface area (Å²) in [5, 5.41) is 5.80. The molecule has 1 aromatic carbocycles. The van der Waals surface area contributed by atoms with Crippen molar-refractivity contribution in [2.75, 3.05) is 25.6 Å². The molecule has 2 aliphatic rings. The van der Waals surface area contributed by atoms with Crippen LogP contribution in [0.4, 0.5) is 5.69 Å². The topological polar surface area (TPSA) is 106 Å². The standard InChI is InChI=1S/C24H31N5O4/c1-14-10-15(2)18(16(3)11-14)27-21(30)19-20-22(31)29(17-6-7-17)24(4,12-28(20)13-26-19)23(32)25-8-9-33-5/h10-11,13,17H,6-9,12H2,1-5H3,(H,25,32)(H,27,30)/t24-/m0/s1. The first-order valence-corrected chi connectivity index (χ1v) is 11.2. The molecule has 9 heteroatoms. The average molecular weight is 454 g/mol. The maximum absolute atomic E-state index is 13.6. The van der Waals surface area contributed by atoms with Crippen LogP contribution in [0.3, 0.4) is 0 Å². The van der Waals surface area contributed by atoms with E-state index in [2.05, 4.69) is 15.6 Å². The first kappa shape index (κ1) is 23.0. The van der Waals surface area contributed by atoms with Crippen molar-refractivity contribution in [3.05, 3.63) is 46.5 Å². The molecule has 1 saturated carbocycles. The van der Waals surface area contributed by atoms with Gasteiger partial charge in [-0.2, -0.15) is 0 Å². The Morgan fingerprint density at radius 3 is 2.48 bits per heavy atom. The first-order chi connectivity index (χ1) is 15.7. The molecular weight excluding hydrogens is 422 g/mol. The molecular formula is C24H31N5O4. The number of imidazole rings is 1. The van der Waals surface area contributed by atoms with E-state index in [-0.39, 0.29) is 35.8 Å². The molecule has 0 unspecified atom stereocenters. The number of benzene rings is 1. The van der Waals surface area contributed by atoms with Crippen molar-refractivity contribution in [1.29, 1.82) is 0 Å². The zero-order valence-electron chi connectivity index (χ0n) is 19.8. The van der Waals surface area contributed by atoms with Crippen LogP contribution in [-0.2, 0) is 16.1 Å². The predicted molar refractivity (Wildman–Crippen MR) is 123 cm³/mol. The summed E-state index contributed by atoms with van der Waals surface area (Å²) in [7, 11) is 1.57.